The maximum Gasteiger partial charge on any atom is 0.311 e. The fraction of sp³-hybridized carbons (Fsp3) is 0.300. The van der Waals surface area contributed by atoms with Gasteiger partial charge in [-0.3, -0.25) is 14.9 Å². The molecule has 0 saturated heterocycles. The molecular weight excluding hydrogens is 394 g/mol. The van der Waals surface area contributed by atoms with E-state index in [1.54, 1.807) is 36.6 Å². The number of aromatic nitrogens is 2. The average Bonchev–Trinajstić information content (AvgIpc) is 3.26. The molecule has 3 rings (SSSR count). The number of carbonyl (C=O) groups is 2. The highest BCUT2D eigenvalue weighted by atomic mass is 32.1. The summed E-state index contributed by atoms with van der Waals surface area (Å²) in [4.78, 5) is 28.3. The van der Waals surface area contributed by atoms with Gasteiger partial charge in [0.15, 0.2) is 5.13 Å². The van der Waals surface area contributed by atoms with E-state index in [0.717, 1.165) is 11.3 Å². The minimum Gasteiger partial charge on any atom is -0.489 e. The van der Waals surface area contributed by atoms with Crippen LogP contribution in [0.2, 0.25) is 0 Å². The Morgan fingerprint density at radius 1 is 1.28 bits per heavy atom. The molecule has 0 unspecified atom stereocenters. The van der Waals surface area contributed by atoms with Crippen LogP contribution in [0.5, 0.6) is 5.75 Å². The number of hydrogen-bond acceptors (Lipinski definition) is 8. The molecule has 0 fully saturated rings. The summed E-state index contributed by atoms with van der Waals surface area (Å²) in [6.07, 6.45) is 0.0746. The van der Waals surface area contributed by atoms with Crippen molar-refractivity contribution in [2.45, 2.75) is 33.8 Å². The normalized spacial score (nSPS) is 10.6. The minimum atomic E-state index is -0.348. The smallest absolute Gasteiger partial charge is 0.311 e. The molecule has 0 radical (unpaired) electrons. The van der Waals surface area contributed by atoms with Gasteiger partial charge in [0.05, 0.1) is 30.0 Å². The molecule has 0 bridgehead atoms. The Balaban J connectivity index is 1.61. The van der Waals surface area contributed by atoms with Gasteiger partial charge >= 0.3 is 5.97 Å². The molecule has 0 aliphatic carbocycles. The van der Waals surface area contributed by atoms with Crippen LogP contribution in [0.15, 0.2) is 34.2 Å². The van der Waals surface area contributed by atoms with Crippen LogP contribution < -0.4 is 10.1 Å². The molecule has 2 heterocycles. The van der Waals surface area contributed by atoms with Crippen molar-refractivity contribution in [1.29, 1.82) is 0 Å². The van der Waals surface area contributed by atoms with Crippen molar-refractivity contribution in [3.05, 3.63) is 57.9 Å². The Morgan fingerprint density at radius 2 is 2.10 bits per heavy atom. The van der Waals surface area contributed by atoms with Crippen molar-refractivity contribution >= 4 is 28.3 Å². The van der Waals surface area contributed by atoms with E-state index in [1.165, 1.54) is 11.3 Å². The fourth-order valence-electron chi connectivity index (χ4n) is 2.57. The number of nitrogens with one attached hydrogen (secondary N) is 1. The van der Waals surface area contributed by atoms with E-state index in [1.807, 2.05) is 13.8 Å². The summed E-state index contributed by atoms with van der Waals surface area (Å²) >= 11 is 1.25. The number of rotatable bonds is 8. The van der Waals surface area contributed by atoms with Crippen LogP contribution >= 0.6 is 11.3 Å². The second-order valence-corrected chi connectivity index (χ2v) is 7.06. The molecule has 29 heavy (non-hydrogen) atoms. The third-order valence-electron chi connectivity index (χ3n) is 4.06. The molecule has 1 N–H and O–H groups in total. The topological polar surface area (TPSA) is 104 Å². The molecule has 2 aromatic heterocycles. The predicted molar refractivity (Wildman–Crippen MR) is 107 cm³/mol. The van der Waals surface area contributed by atoms with Crippen molar-refractivity contribution in [3.8, 4) is 5.75 Å². The summed E-state index contributed by atoms with van der Waals surface area (Å²) in [6, 6.07) is 6.85. The largest absolute Gasteiger partial charge is 0.489 e. The summed E-state index contributed by atoms with van der Waals surface area (Å²) in [5.41, 5.74) is 2.65. The quantitative estimate of drug-likeness (QED) is 0.560. The van der Waals surface area contributed by atoms with Crippen molar-refractivity contribution in [1.82, 2.24) is 10.1 Å². The van der Waals surface area contributed by atoms with E-state index in [9.17, 15) is 9.59 Å². The fourth-order valence-corrected chi connectivity index (χ4v) is 3.27. The number of thiazole rings is 1. The van der Waals surface area contributed by atoms with E-state index < -0.39 is 0 Å². The molecule has 0 aliphatic rings. The summed E-state index contributed by atoms with van der Waals surface area (Å²) in [7, 11) is 0. The molecule has 0 spiro atoms. The van der Waals surface area contributed by atoms with Crippen molar-refractivity contribution < 1.29 is 23.6 Å². The van der Waals surface area contributed by atoms with Gasteiger partial charge in [0.1, 0.15) is 18.1 Å². The zero-order chi connectivity index (χ0) is 20.8. The first-order chi connectivity index (χ1) is 14.0. The number of amides is 1. The molecule has 0 saturated carbocycles. The minimum absolute atomic E-state index is 0.0746. The van der Waals surface area contributed by atoms with Gasteiger partial charge in [-0.05, 0) is 39.0 Å². The highest BCUT2D eigenvalue weighted by Gasteiger charge is 2.13. The van der Waals surface area contributed by atoms with Gasteiger partial charge < -0.3 is 14.0 Å². The van der Waals surface area contributed by atoms with Gasteiger partial charge in [0.2, 0.25) is 0 Å². The first-order valence-corrected chi connectivity index (χ1v) is 9.90. The standard InChI is InChI=1S/C20H21N3O5S/c1-4-26-18(24)9-15-11-29-20(21-15)22-19(25)14-6-5-7-16(8-14)27-10-17-12(2)23-28-13(17)3/h5-8,11H,4,9-10H2,1-3H3,(H,21,22,25). The number of aryl methyl sites for hydroxylation is 2. The maximum absolute atomic E-state index is 12.5. The second kappa shape index (κ2) is 9.33. The van der Waals surface area contributed by atoms with Gasteiger partial charge in [0.25, 0.3) is 5.91 Å². The molecule has 152 valence electrons. The van der Waals surface area contributed by atoms with E-state index in [-0.39, 0.29) is 18.3 Å². The number of hydrogen-bond donors (Lipinski definition) is 1. The molecule has 9 heteroatoms. The third kappa shape index (κ3) is 5.41. The number of anilines is 1. The first kappa shape index (κ1) is 20.5. The monoisotopic (exact) mass is 415 g/mol. The molecule has 0 aliphatic heterocycles. The zero-order valence-corrected chi connectivity index (χ0v) is 17.2. The van der Waals surface area contributed by atoms with E-state index in [2.05, 4.69) is 15.5 Å². The Morgan fingerprint density at radius 3 is 2.83 bits per heavy atom. The van der Waals surface area contributed by atoms with Crippen LogP contribution in [0.4, 0.5) is 5.13 Å². The highest BCUT2D eigenvalue weighted by Crippen LogP contribution is 2.21. The van der Waals surface area contributed by atoms with Gasteiger partial charge in [0, 0.05) is 10.9 Å². The van der Waals surface area contributed by atoms with Crippen LogP contribution in [-0.2, 0) is 22.6 Å². The van der Waals surface area contributed by atoms with Crippen molar-refractivity contribution in [2.75, 3.05) is 11.9 Å². The van der Waals surface area contributed by atoms with Crippen LogP contribution in [-0.4, -0.2) is 28.6 Å². The molecule has 1 amide bonds. The van der Waals surface area contributed by atoms with E-state index >= 15 is 0 Å². The Kier molecular flexibility index (Phi) is 6.61. The van der Waals surface area contributed by atoms with Crippen LogP contribution in [0.3, 0.4) is 0 Å². The lowest BCUT2D eigenvalue weighted by Crippen LogP contribution is -2.12. The Hall–Kier alpha value is -3.20. The summed E-state index contributed by atoms with van der Waals surface area (Å²) in [5, 5.41) is 8.76. The van der Waals surface area contributed by atoms with Gasteiger partial charge in [-0.2, -0.15) is 0 Å². The number of esters is 1. The SMILES string of the molecule is CCOC(=O)Cc1csc(NC(=O)c2cccc(OCc3c(C)noc3C)c2)n1. The highest BCUT2D eigenvalue weighted by molar-refractivity contribution is 7.14. The third-order valence-corrected chi connectivity index (χ3v) is 4.87. The lowest BCUT2D eigenvalue weighted by Gasteiger charge is -2.08. The van der Waals surface area contributed by atoms with Gasteiger partial charge in [-0.15, -0.1) is 11.3 Å². The van der Waals surface area contributed by atoms with Crippen LogP contribution in [0.25, 0.3) is 0 Å². The zero-order valence-electron chi connectivity index (χ0n) is 16.4. The first-order valence-electron chi connectivity index (χ1n) is 9.02. The number of nitrogens with zero attached hydrogens (tertiary/aromatic N) is 2. The molecule has 3 aromatic rings. The summed E-state index contributed by atoms with van der Waals surface area (Å²) < 4.78 is 15.8. The average molecular weight is 415 g/mol. The molecule has 8 nitrogen and oxygen atoms in total. The van der Waals surface area contributed by atoms with E-state index in [4.69, 9.17) is 14.0 Å². The maximum atomic E-state index is 12.5. The molecular formula is C20H21N3O5S. The Bertz CT molecular complexity index is 992. The number of ether oxygens (including phenoxy) is 2. The van der Waals surface area contributed by atoms with Gasteiger partial charge in [-0.1, -0.05) is 11.2 Å². The summed E-state index contributed by atoms with van der Waals surface area (Å²) in [6.45, 7) is 6.05. The number of carbonyl (C=O) groups excluding carboxylic acids is 2. The predicted octanol–water partition coefficient (Wildman–Crippen LogP) is 3.68. The lowest BCUT2D eigenvalue weighted by molar-refractivity contribution is -0.142. The van der Waals surface area contributed by atoms with Crippen molar-refractivity contribution in [3.63, 3.8) is 0 Å². The van der Waals surface area contributed by atoms with Crippen LogP contribution in [0.1, 0.15) is 40.0 Å². The molecule has 1 aromatic carbocycles. The molecule has 0 atom stereocenters. The summed E-state index contributed by atoms with van der Waals surface area (Å²) in [5.74, 6) is 0.599. The van der Waals surface area contributed by atoms with Crippen molar-refractivity contribution in [2.24, 2.45) is 0 Å². The van der Waals surface area contributed by atoms with Gasteiger partial charge in [-0.25, -0.2) is 4.98 Å². The van der Waals surface area contributed by atoms with Crippen LogP contribution in [0, 0.1) is 13.8 Å². The van der Waals surface area contributed by atoms with E-state index in [0.29, 0.717) is 41.1 Å². The Labute approximate surface area is 171 Å². The lowest BCUT2D eigenvalue weighted by atomic mass is 10.2. The number of benzene rings is 1. The second-order valence-electron chi connectivity index (χ2n) is 6.20.